The molecule has 4 heterocycles. The normalized spacial score (nSPS) is 16.1. The second-order valence-corrected chi connectivity index (χ2v) is 10.7. The van der Waals surface area contributed by atoms with E-state index < -0.39 is 0 Å². The Labute approximate surface area is 232 Å². The number of hydrogen-bond donors (Lipinski definition) is 0. The molecule has 8 heteroatoms. The second kappa shape index (κ2) is 9.67. The smallest absolute Gasteiger partial charge is 0.232 e. The summed E-state index contributed by atoms with van der Waals surface area (Å²) in [6.07, 6.45) is 3.78. The third kappa shape index (κ3) is 4.04. The molecule has 0 radical (unpaired) electrons. The van der Waals surface area contributed by atoms with E-state index in [-0.39, 0.29) is 5.41 Å². The second-order valence-electron chi connectivity index (χ2n) is 10.2. The van der Waals surface area contributed by atoms with Crippen molar-refractivity contribution in [3.05, 3.63) is 95.1 Å². The molecule has 1 spiro atoms. The topological polar surface area (TPSA) is 65.3 Å². The fraction of sp³-hybridized carbons (Fsp3) is 0.258. The van der Waals surface area contributed by atoms with Gasteiger partial charge >= 0.3 is 0 Å². The number of hydrogen-bond acceptors (Lipinski definition) is 6. The van der Waals surface area contributed by atoms with Gasteiger partial charge in [0.1, 0.15) is 5.75 Å². The lowest BCUT2D eigenvalue weighted by Crippen LogP contribution is -2.38. The zero-order chi connectivity index (χ0) is 26.4. The molecule has 1 saturated heterocycles. The molecule has 7 rings (SSSR count). The molecule has 0 amide bonds. The van der Waals surface area contributed by atoms with Crippen LogP contribution in [0.4, 0.5) is 11.6 Å². The predicted octanol–water partition coefficient (Wildman–Crippen LogP) is 6.40. The number of ether oxygens (including phenoxy) is 2. The van der Waals surface area contributed by atoms with Gasteiger partial charge in [0.05, 0.1) is 19.2 Å². The van der Waals surface area contributed by atoms with Gasteiger partial charge in [0.25, 0.3) is 0 Å². The Bertz CT molecular complexity index is 1670. The number of fused-ring (bicyclic) bond motifs is 3. The molecule has 1 fully saturated rings. The van der Waals surface area contributed by atoms with Gasteiger partial charge in [-0.05, 0) is 54.8 Å². The fourth-order valence-corrected chi connectivity index (χ4v) is 6.36. The van der Waals surface area contributed by atoms with E-state index in [1.54, 1.807) is 7.11 Å². The molecule has 7 nitrogen and oxygen atoms in total. The molecule has 0 unspecified atom stereocenters. The first-order chi connectivity index (χ1) is 19.2. The molecule has 0 aliphatic carbocycles. The van der Waals surface area contributed by atoms with Crippen LogP contribution in [0.5, 0.6) is 5.75 Å². The SMILES string of the molecule is COc1ccc(Cl)cc1Cn1c(-c2cccc3cccnc23)nnc1N1CC2(CCOCC2)c2ccccc21. The molecule has 39 heavy (non-hydrogen) atoms. The zero-order valence-electron chi connectivity index (χ0n) is 21.7. The quantitative estimate of drug-likeness (QED) is 0.258. The summed E-state index contributed by atoms with van der Waals surface area (Å²) in [5.41, 5.74) is 5.33. The van der Waals surface area contributed by atoms with Gasteiger partial charge in [-0.1, -0.05) is 48.0 Å². The largest absolute Gasteiger partial charge is 0.496 e. The van der Waals surface area contributed by atoms with E-state index in [2.05, 4.69) is 51.9 Å². The van der Waals surface area contributed by atoms with Gasteiger partial charge in [0.2, 0.25) is 5.95 Å². The van der Waals surface area contributed by atoms with Crippen LogP contribution in [0, 0.1) is 0 Å². The third-order valence-corrected chi connectivity index (χ3v) is 8.33. The summed E-state index contributed by atoms with van der Waals surface area (Å²) in [6.45, 7) is 2.84. The highest BCUT2D eigenvalue weighted by molar-refractivity contribution is 6.30. The van der Waals surface area contributed by atoms with Gasteiger partial charge in [-0.3, -0.25) is 9.55 Å². The number of para-hydroxylation sites is 2. The molecular formula is C31H28ClN5O2. The summed E-state index contributed by atoms with van der Waals surface area (Å²) in [7, 11) is 1.68. The number of methoxy groups -OCH3 is 1. The fourth-order valence-electron chi connectivity index (χ4n) is 6.16. The minimum atomic E-state index is 0.0283. The van der Waals surface area contributed by atoms with Crippen molar-refractivity contribution >= 4 is 34.1 Å². The molecule has 196 valence electrons. The van der Waals surface area contributed by atoms with E-state index >= 15 is 0 Å². The average molecular weight is 538 g/mol. The van der Waals surface area contributed by atoms with E-state index in [0.717, 1.165) is 72.2 Å². The molecule has 0 bridgehead atoms. The van der Waals surface area contributed by atoms with Crippen molar-refractivity contribution in [1.82, 2.24) is 19.7 Å². The number of anilines is 2. The summed E-state index contributed by atoms with van der Waals surface area (Å²) in [6, 6.07) is 24.6. The Balaban J connectivity index is 1.42. The van der Waals surface area contributed by atoms with E-state index in [1.165, 1.54) is 11.3 Å². The Hall–Kier alpha value is -3.94. The molecule has 2 aliphatic rings. The number of aromatic nitrogens is 4. The number of pyridine rings is 1. The molecule has 5 aromatic rings. The van der Waals surface area contributed by atoms with Crippen molar-refractivity contribution in [2.45, 2.75) is 24.8 Å². The van der Waals surface area contributed by atoms with Crippen LogP contribution in [-0.4, -0.2) is 46.6 Å². The van der Waals surface area contributed by atoms with Crippen LogP contribution in [0.3, 0.4) is 0 Å². The summed E-state index contributed by atoms with van der Waals surface area (Å²) in [5, 5.41) is 11.3. The number of halogens is 1. The maximum Gasteiger partial charge on any atom is 0.232 e. The first-order valence-electron chi connectivity index (χ1n) is 13.2. The average Bonchev–Trinajstić information content (AvgIpc) is 3.52. The van der Waals surface area contributed by atoms with Crippen LogP contribution in [0.1, 0.15) is 24.0 Å². The van der Waals surface area contributed by atoms with Crippen molar-refractivity contribution in [3.8, 4) is 17.1 Å². The standard InChI is InChI=1S/C31H28ClN5O2/c1-38-27-12-11-23(32)18-22(27)19-36-29(24-8-4-6-21-7-5-15-33-28(21)24)34-35-30(36)37-20-31(13-16-39-17-14-31)25-9-2-3-10-26(25)37/h2-12,15,18H,13-14,16-17,19-20H2,1H3. The summed E-state index contributed by atoms with van der Waals surface area (Å²) in [4.78, 5) is 7.04. The van der Waals surface area contributed by atoms with E-state index in [4.69, 9.17) is 36.3 Å². The maximum absolute atomic E-state index is 6.45. The van der Waals surface area contributed by atoms with Crippen molar-refractivity contribution in [2.75, 3.05) is 31.8 Å². The van der Waals surface area contributed by atoms with Gasteiger partial charge in [-0.25, -0.2) is 0 Å². The van der Waals surface area contributed by atoms with Crippen LogP contribution >= 0.6 is 11.6 Å². The van der Waals surface area contributed by atoms with E-state index in [1.807, 2.05) is 36.5 Å². The molecule has 0 N–H and O–H groups in total. The summed E-state index contributed by atoms with van der Waals surface area (Å²) < 4.78 is 13.7. The minimum absolute atomic E-state index is 0.0283. The zero-order valence-corrected chi connectivity index (χ0v) is 22.4. The van der Waals surface area contributed by atoms with E-state index in [0.29, 0.717) is 11.6 Å². The molecule has 3 aromatic carbocycles. The van der Waals surface area contributed by atoms with Gasteiger partial charge in [-0.2, -0.15) is 0 Å². The van der Waals surface area contributed by atoms with Crippen LogP contribution in [0.2, 0.25) is 5.02 Å². The predicted molar refractivity (Wildman–Crippen MR) is 153 cm³/mol. The highest BCUT2D eigenvalue weighted by atomic mass is 35.5. The highest BCUT2D eigenvalue weighted by Crippen LogP contribution is 2.49. The molecule has 2 aromatic heterocycles. The Morgan fingerprint density at radius 2 is 1.82 bits per heavy atom. The van der Waals surface area contributed by atoms with Gasteiger partial charge < -0.3 is 14.4 Å². The summed E-state index contributed by atoms with van der Waals surface area (Å²) >= 11 is 6.45. The van der Waals surface area contributed by atoms with Gasteiger partial charge in [-0.15, -0.1) is 10.2 Å². The molecule has 2 aliphatic heterocycles. The molecule has 0 atom stereocenters. The van der Waals surface area contributed by atoms with Crippen LogP contribution in [-0.2, 0) is 16.7 Å². The minimum Gasteiger partial charge on any atom is -0.496 e. The number of benzene rings is 3. The van der Waals surface area contributed by atoms with Gasteiger partial charge in [0, 0.05) is 58.6 Å². The lowest BCUT2D eigenvalue weighted by Gasteiger charge is -2.34. The Kier molecular flexibility index (Phi) is 5.98. The monoisotopic (exact) mass is 537 g/mol. The van der Waals surface area contributed by atoms with Crippen LogP contribution in [0.25, 0.3) is 22.3 Å². The van der Waals surface area contributed by atoms with Crippen LogP contribution < -0.4 is 9.64 Å². The molecular weight excluding hydrogens is 510 g/mol. The first kappa shape index (κ1) is 24.1. The Morgan fingerprint density at radius 1 is 0.974 bits per heavy atom. The Morgan fingerprint density at radius 3 is 2.69 bits per heavy atom. The third-order valence-electron chi connectivity index (χ3n) is 8.09. The first-order valence-corrected chi connectivity index (χ1v) is 13.6. The van der Waals surface area contributed by atoms with Crippen LogP contribution in [0.15, 0.2) is 79.0 Å². The lowest BCUT2D eigenvalue weighted by atomic mass is 9.76. The van der Waals surface area contributed by atoms with Crippen molar-refractivity contribution in [2.24, 2.45) is 0 Å². The molecule has 0 saturated carbocycles. The van der Waals surface area contributed by atoms with Gasteiger partial charge in [0.15, 0.2) is 5.82 Å². The van der Waals surface area contributed by atoms with Crippen molar-refractivity contribution in [1.29, 1.82) is 0 Å². The van der Waals surface area contributed by atoms with Crippen molar-refractivity contribution < 1.29 is 9.47 Å². The number of nitrogens with zero attached hydrogens (tertiary/aromatic N) is 5. The highest BCUT2D eigenvalue weighted by Gasteiger charge is 2.45. The van der Waals surface area contributed by atoms with Crippen molar-refractivity contribution in [3.63, 3.8) is 0 Å². The number of rotatable bonds is 5. The lowest BCUT2D eigenvalue weighted by molar-refractivity contribution is 0.0557. The summed E-state index contributed by atoms with van der Waals surface area (Å²) in [5.74, 6) is 2.31. The maximum atomic E-state index is 6.45. The van der Waals surface area contributed by atoms with E-state index in [9.17, 15) is 0 Å².